The van der Waals surface area contributed by atoms with Gasteiger partial charge >= 0.3 is 0 Å². The first-order valence-electron chi connectivity index (χ1n) is 6.71. The molecule has 2 nitrogen and oxygen atoms in total. The zero-order valence-electron chi connectivity index (χ0n) is 11.4. The Bertz CT molecular complexity index is 463. The molecule has 104 valence electrons. The van der Waals surface area contributed by atoms with Crippen molar-refractivity contribution in [1.29, 1.82) is 0 Å². The Hall–Kier alpha value is -0.480. The molecule has 2 atom stereocenters. The second-order valence-corrected chi connectivity index (χ2v) is 7.03. The predicted molar refractivity (Wildman–Crippen MR) is 85.9 cm³/mol. The second kappa shape index (κ2) is 6.80. The fourth-order valence-corrected chi connectivity index (χ4v) is 3.76. The van der Waals surface area contributed by atoms with Crippen molar-refractivity contribution in [3.05, 3.63) is 33.8 Å². The minimum Gasteiger partial charge on any atom is -0.348 e. The Morgan fingerprint density at radius 2 is 2.11 bits per heavy atom. The van der Waals surface area contributed by atoms with Crippen LogP contribution in [0.4, 0.5) is 0 Å². The van der Waals surface area contributed by atoms with Gasteiger partial charge in [0.25, 0.3) is 5.91 Å². The quantitative estimate of drug-likeness (QED) is 0.894. The summed E-state index contributed by atoms with van der Waals surface area (Å²) in [4.78, 5) is 12.3. The van der Waals surface area contributed by atoms with Gasteiger partial charge in [-0.15, -0.1) is 0 Å². The first kappa shape index (κ1) is 14.9. The molecule has 1 aliphatic carbocycles. The van der Waals surface area contributed by atoms with E-state index in [1.54, 1.807) is 0 Å². The minimum atomic E-state index is 0.0570. The standard InChI is InChI=1S/C15H20BrNOS/c1-10-9-11(7-8-12(10)16)15(18)17-13-5-3-4-6-14(13)19-2/h7-9,13-14H,3-6H2,1-2H3,(H,17,18). The van der Waals surface area contributed by atoms with Gasteiger partial charge in [-0.05, 0) is 49.8 Å². The van der Waals surface area contributed by atoms with Crippen molar-refractivity contribution >= 4 is 33.6 Å². The average Bonchev–Trinajstić information content (AvgIpc) is 2.42. The van der Waals surface area contributed by atoms with Gasteiger partial charge in [0.05, 0.1) is 0 Å². The molecule has 0 spiro atoms. The summed E-state index contributed by atoms with van der Waals surface area (Å²) in [7, 11) is 0. The number of carbonyl (C=O) groups is 1. The molecule has 2 unspecified atom stereocenters. The zero-order chi connectivity index (χ0) is 13.8. The topological polar surface area (TPSA) is 29.1 Å². The summed E-state index contributed by atoms with van der Waals surface area (Å²) in [5.41, 5.74) is 1.85. The summed E-state index contributed by atoms with van der Waals surface area (Å²) in [6.07, 6.45) is 6.97. The number of halogens is 1. The third-order valence-corrected chi connectivity index (χ3v) is 5.80. The van der Waals surface area contributed by atoms with E-state index in [0.717, 1.165) is 22.0 Å². The highest BCUT2D eigenvalue weighted by Gasteiger charge is 2.25. The normalized spacial score (nSPS) is 23.1. The van der Waals surface area contributed by atoms with Gasteiger partial charge in [-0.2, -0.15) is 11.8 Å². The van der Waals surface area contributed by atoms with Crippen molar-refractivity contribution in [2.75, 3.05) is 6.26 Å². The molecule has 0 bridgehead atoms. The molecule has 4 heteroatoms. The molecule has 2 rings (SSSR count). The number of aryl methyl sites for hydroxylation is 1. The largest absolute Gasteiger partial charge is 0.348 e. The Labute approximate surface area is 127 Å². The molecule has 0 heterocycles. The molecule has 19 heavy (non-hydrogen) atoms. The summed E-state index contributed by atoms with van der Waals surface area (Å²) in [6.45, 7) is 2.01. The molecular weight excluding hydrogens is 322 g/mol. The average molecular weight is 342 g/mol. The van der Waals surface area contributed by atoms with Crippen LogP contribution in [0.1, 0.15) is 41.6 Å². The summed E-state index contributed by atoms with van der Waals surface area (Å²) in [5, 5.41) is 3.77. The summed E-state index contributed by atoms with van der Waals surface area (Å²) in [5.74, 6) is 0.0570. The number of benzene rings is 1. The smallest absolute Gasteiger partial charge is 0.251 e. The summed E-state index contributed by atoms with van der Waals surface area (Å²) >= 11 is 5.34. The molecule has 0 radical (unpaired) electrons. The fourth-order valence-electron chi connectivity index (χ4n) is 2.58. The van der Waals surface area contributed by atoms with Crippen LogP contribution in [0.2, 0.25) is 0 Å². The van der Waals surface area contributed by atoms with Crippen LogP contribution in [0.3, 0.4) is 0 Å². The molecular formula is C15H20BrNOS. The predicted octanol–water partition coefficient (Wildman–Crippen LogP) is 4.16. The van der Waals surface area contributed by atoms with Crippen LogP contribution in [0, 0.1) is 6.92 Å². The van der Waals surface area contributed by atoms with Gasteiger partial charge in [0.2, 0.25) is 0 Å². The molecule has 0 aliphatic heterocycles. The second-order valence-electron chi connectivity index (χ2n) is 5.10. The van der Waals surface area contributed by atoms with Crippen LogP contribution in [0.5, 0.6) is 0 Å². The van der Waals surface area contributed by atoms with Gasteiger partial charge < -0.3 is 5.32 Å². The number of hydrogen-bond acceptors (Lipinski definition) is 2. The molecule has 1 N–H and O–H groups in total. The highest BCUT2D eigenvalue weighted by Crippen LogP contribution is 2.27. The van der Waals surface area contributed by atoms with E-state index < -0.39 is 0 Å². The van der Waals surface area contributed by atoms with Crippen molar-refractivity contribution in [3.63, 3.8) is 0 Å². The highest BCUT2D eigenvalue weighted by molar-refractivity contribution is 9.10. The summed E-state index contributed by atoms with van der Waals surface area (Å²) in [6, 6.07) is 6.08. The lowest BCUT2D eigenvalue weighted by Gasteiger charge is -2.31. The maximum absolute atomic E-state index is 12.3. The third kappa shape index (κ3) is 3.76. The lowest BCUT2D eigenvalue weighted by molar-refractivity contribution is 0.0929. The van der Waals surface area contributed by atoms with E-state index >= 15 is 0 Å². The van der Waals surface area contributed by atoms with Crippen LogP contribution in [0.15, 0.2) is 22.7 Å². The van der Waals surface area contributed by atoms with Crippen molar-refractivity contribution in [3.8, 4) is 0 Å². The number of hydrogen-bond donors (Lipinski definition) is 1. The van der Waals surface area contributed by atoms with Crippen LogP contribution in [0.25, 0.3) is 0 Å². The Morgan fingerprint density at radius 1 is 1.37 bits per heavy atom. The molecule has 1 aromatic carbocycles. The lowest BCUT2D eigenvalue weighted by Crippen LogP contribution is -2.43. The third-order valence-electron chi connectivity index (χ3n) is 3.74. The van der Waals surface area contributed by atoms with Crippen molar-refractivity contribution in [1.82, 2.24) is 5.32 Å². The fraction of sp³-hybridized carbons (Fsp3) is 0.533. The molecule has 1 fully saturated rings. The van der Waals surface area contributed by atoms with Crippen LogP contribution in [-0.4, -0.2) is 23.5 Å². The number of amides is 1. The Balaban J connectivity index is 2.05. The number of nitrogens with one attached hydrogen (secondary N) is 1. The van der Waals surface area contributed by atoms with Crippen LogP contribution in [-0.2, 0) is 0 Å². The van der Waals surface area contributed by atoms with Crippen LogP contribution >= 0.6 is 27.7 Å². The van der Waals surface area contributed by atoms with Gasteiger partial charge in [-0.3, -0.25) is 4.79 Å². The highest BCUT2D eigenvalue weighted by atomic mass is 79.9. The number of carbonyl (C=O) groups excluding carboxylic acids is 1. The van der Waals surface area contributed by atoms with Gasteiger partial charge in [0.15, 0.2) is 0 Å². The molecule has 1 amide bonds. The van der Waals surface area contributed by atoms with E-state index in [0.29, 0.717) is 11.3 Å². The number of rotatable bonds is 3. The van der Waals surface area contributed by atoms with Gasteiger partial charge in [0, 0.05) is 21.3 Å². The Morgan fingerprint density at radius 3 is 2.79 bits per heavy atom. The zero-order valence-corrected chi connectivity index (χ0v) is 13.8. The monoisotopic (exact) mass is 341 g/mol. The lowest BCUT2D eigenvalue weighted by atomic mass is 9.94. The van der Waals surface area contributed by atoms with Crippen molar-refractivity contribution in [2.45, 2.75) is 43.9 Å². The maximum Gasteiger partial charge on any atom is 0.251 e. The number of thioether (sulfide) groups is 1. The molecule has 0 aromatic heterocycles. The maximum atomic E-state index is 12.3. The van der Waals surface area contributed by atoms with E-state index in [-0.39, 0.29) is 5.91 Å². The summed E-state index contributed by atoms with van der Waals surface area (Å²) < 4.78 is 1.05. The minimum absolute atomic E-state index is 0.0570. The van der Waals surface area contributed by atoms with Gasteiger partial charge in [0.1, 0.15) is 0 Å². The first-order valence-corrected chi connectivity index (χ1v) is 8.79. The van der Waals surface area contributed by atoms with E-state index in [2.05, 4.69) is 27.5 Å². The van der Waals surface area contributed by atoms with E-state index in [1.165, 1.54) is 19.3 Å². The molecule has 1 aromatic rings. The van der Waals surface area contributed by atoms with Gasteiger partial charge in [-0.1, -0.05) is 28.8 Å². The van der Waals surface area contributed by atoms with Gasteiger partial charge in [-0.25, -0.2) is 0 Å². The van der Waals surface area contributed by atoms with E-state index in [9.17, 15) is 4.79 Å². The molecule has 1 saturated carbocycles. The molecule has 0 saturated heterocycles. The van der Waals surface area contributed by atoms with Crippen molar-refractivity contribution < 1.29 is 4.79 Å². The van der Waals surface area contributed by atoms with Crippen LogP contribution < -0.4 is 5.32 Å². The van der Waals surface area contributed by atoms with E-state index in [1.807, 2.05) is 36.9 Å². The van der Waals surface area contributed by atoms with Crippen molar-refractivity contribution in [2.24, 2.45) is 0 Å². The Kier molecular flexibility index (Phi) is 5.34. The van der Waals surface area contributed by atoms with E-state index in [4.69, 9.17) is 0 Å². The molecule has 1 aliphatic rings. The first-order chi connectivity index (χ1) is 9.11. The SMILES string of the molecule is CSC1CCCCC1NC(=O)c1ccc(Br)c(C)c1.